The van der Waals surface area contributed by atoms with Crippen molar-refractivity contribution in [3.05, 3.63) is 95.3 Å². The van der Waals surface area contributed by atoms with Gasteiger partial charge in [-0.3, -0.25) is 9.36 Å². The van der Waals surface area contributed by atoms with Crippen LogP contribution >= 0.6 is 22.7 Å². The highest BCUT2D eigenvalue weighted by molar-refractivity contribution is 7.10. The highest BCUT2D eigenvalue weighted by Crippen LogP contribution is 2.33. The number of thiazole rings is 1. The van der Waals surface area contributed by atoms with Crippen molar-refractivity contribution in [2.75, 3.05) is 6.61 Å². The summed E-state index contributed by atoms with van der Waals surface area (Å²) in [6.45, 7) is 3.82. The van der Waals surface area contributed by atoms with Crippen LogP contribution in [0.25, 0.3) is 12.2 Å². The van der Waals surface area contributed by atoms with Gasteiger partial charge in [-0.05, 0) is 36.9 Å². The molecule has 1 aliphatic rings. The number of rotatable bonds is 5. The van der Waals surface area contributed by atoms with Crippen LogP contribution in [0.3, 0.4) is 0 Å². The Labute approximate surface area is 181 Å². The van der Waals surface area contributed by atoms with Gasteiger partial charge in [0.1, 0.15) is 6.04 Å². The van der Waals surface area contributed by atoms with Crippen molar-refractivity contribution in [1.82, 2.24) is 4.57 Å². The van der Waals surface area contributed by atoms with Crippen LogP contribution in [0, 0.1) is 0 Å². The number of carbonyl (C=O) groups is 1. The van der Waals surface area contributed by atoms with E-state index < -0.39 is 12.0 Å². The zero-order chi connectivity index (χ0) is 21.1. The Morgan fingerprint density at radius 1 is 1.23 bits per heavy atom. The SMILES string of the molecule is CCOC(=O)C1=C(C)N=c2sc(=C/C=C\c3ccccc3)c(=O)n2C1c1cccs1. The third-order valence-electron chi connectivity index (χ3n) is 4.67. The summed E-state index contributed by atoms with van der Waals surface area (Å²) >= 11 is 2.83. The number of esters is 1. The summed E-state index contributed by atoms with van der Waals surface area (Å²) in [6, 6.07) is 13.2. The van der Waals surface area contributed by atoms with Gasteiger partial charge in [0.2, 0.25) is 0 Å². The molecule has 1 unspecified atom stereocenters. The van der Waals surface area contributed by atoms with Crippen LogP contribution in [0.5, 0.6) is 0 Å². The maximum absolute atomic E-state index is 13.3. The number of benzene rings is 1. The van der Waals surface area contributed by atoms with E-state index in [1.165, 1.54) is 22.7 Å². The van der Waals surface area contributed by atoms with Gasteiger partial charge < -0.3 is 4.74 Å². The molecular formula is C23H20N2O3S2. The minimum Gasteiger partial charge on any atom is -0.463 e. The molecule has 1 aliphatic heterocycles. The first kappa shape index (κ1) is 20.3. The van der Waals surface area contributed by atoms with Gasteiger partial charge in [0, 0.05) is 4.88 Å². The second-order valence-corrected chi connectivity index (χ2v) is 8.60. The van der Waals surface area contributed by atoms with E-state index in [-0.39, 0.29) is 12.2 Å². The van der Waals surface area contributed by atoms with E-state index in [1.54, 1.807) is 24.5 Å². The first-order valence-corrected chi connectivity index (χ1v) is 11.2. The van der Waals surface area contributed by atoms with Crippen LogP contribution in [0.15, 0.2) is 75.0 Å². The molecule has 0 amide bonds. The third-order valence-corrected chi connectivity index (χ3v) is 6.59. The topological polar surface area (TPSA) is 60.7 Å². The molecule has 1 atom stereocenters. The lowest BCUT2D eigenvalue weighted by molar-refractivity contribution is -0.139. The molecule has 3 heterocycles. The summed E-state index contributed by atoms with van der Waals surface area (Å²) in [5.74, 6) is -0.435. The Kier molecular flexibility index (Phi) is 5.92. The predicted octanol–water partition coefficient (Wildman–Crippen LogP) is 3.52. The molecule has 2 aromatic heterocycles. The number of aromatic nitrogens is 1. The molecule has 1 aromatic carbocycles. The van der Waals surface area contributed by atoms with Crippen molar-refractivity contribution in [3.8, 4) is 0 Å². The van der Waals surface area contributed by atoms with E-state index in [0.717, 1.165) is 10.4 Å². The molecule has 0 aliphatic carbocycles. The standard InChI is InChI=1S/C23H20N2O3S2/c1-3-28-22(27)19-15(2)24-23-25(20(19)17-13-8-14-29-17)21(26)18(30-23)12-7-11-16-9-5-4-6-10-16/h4-14,20H,3H2,1-2H3/b11-7-,18-12?. The smallest absolute Gasteiger partial charge is 0.338 e. The van der Waals surface area contributed by atoms with Gasteiger partial charge >= 0.3 is 5.97 Å². The highest BCUT2D eigenvalue weighted by Gasteiger charge is 2.33. The van der Waals surface area contributed by atoms with Crippen LogP contribution in [0.1, 0.15) is 30.3 Å². The van der Waals surface area contributed by atoms with E-state index in [9.17, 15) is 9.59 Å². The van der Waals surface area contributed by atoms with Gasteiger partial charge in [-0.15, -0.1) is 11.3 Å². The number of carbonyl (C=O) groups excluding carboxylic acids is 1. The zero-order valence-corrected chi connectivity index (χ0v) is 18.2. The molecular weight excluding hydrogens is 416 g/mol. The lowest BCUT2D eigenvalue weighted by atomic mass is 10.0. The van der Waals surface area contributed by atoms with E-state index in [0.29, 0.717) is 20.6 Å². The average molecular weight is 437 g/mol. The van der Waals surface area contributed by atoms with Gasteiger partial charge in [0.15, 0.2) is 4.80 Å². The minimum absolute atomic E-state index is 0.163. The molecule has 4 rings (SSSR count). The van der Waals surface area contributed by atoms with Crippen LogP contribution in [0.4, 0.5) is 0 Å². The maximum atomic E-state index is 13.3. The van der Waals surface area contributed by atoms with Crippen LogP contribution in [-0.4, -0.2) is 17.1 Å². The largest absolute Gasteiger partial charge is 0.463 e. The molecule has 0 saturated heterocycles. The van der Waals surface area contributed by atoms with E-state index in [2.05, 4.69) is 4.99 Å². The van der Waals surface area contributed by atoms with Crippen molar-refractivity contribution < 1.29 is 9.53 Å². The number of ether oxygens (including phenoxy) is 1. The number of fused-ring (bicyclic) bond motifs is 1. The lowest BCUT2D eigenvalue weighted by Gasteiger charge is -2.23. The average Bonchev–Trinajstić information content (AvgIpc) is 3.37. The fourth-order valence-electron chi connectivity index (χ4n) is 3.33. The summed E-state index contributed by atoms with van der Waals surface area (Å²) in [7, 11) is 0. The number of thiophene rings is 1. The van der Waals surface area contributed by atoms with Crippen molar-refractivity contribution >= 4 is 40.8 Å². The molecule has 0 saturated carbocycles. The molecule has 0 radical (unpaired) electrons. The number of hydrogen-bond acceptors (Lipinski definition) is 6. The second-order valence-electron chi connectivity index (χ2n) is 6.61. The Morgan fingerprint density at radius 3 is 2.73 bits per heavy atom. The Morgan fingerprint density at radius 2 is 2.03 bits per heavy atom. The van der Waals surface area contributed by atoms with Crippen molar-refractivity contribution in [3.63, 3.8) is 0 Å². The third kappa shape index (κ3) is 3.86. The van der Waals surface area contributed by atoms with E-state index in [1.807, 2.05) is 60.0 Å². The number of allylic oxidation sites excluding steroid dienone is 2. The normalized spacial score (nSPS) is 16.6. The van der Waals surface area contributed by atoms with Gasteiger partial charge in [-0.2, -0.15) is 0 Å². The van der Waals surface area contributed by atoms with Crippen LogP contribution in [0.2, 0.25) is 0 Å². The van der Waals surface area contributed by atoms with Crippen LogP contribution in [-0.2, 0) is 9.53 Å². The summed E-state index contributed by atoms with van der Waals surface area (Å²) in [4.78, 5) is 32.0. The Bertz CT molecular complexity index is 1300. The number of nitrogens with zero attached hydrogens (tertiary/aromatic N) is 2. The summed E-state index contributed by atoms with van der Waals surface area (Å²) in [5, 5.41) is 1.94. The second kappa shape index (κ2) is 8.77. The highest BCUT2D eigenvalue weighted by atomic mass is 32.1. The maximum Gasteiger partial charge on any atom is 0.338 e. The molecule has 0 N–H and O–H groups in total. The lowest BCUT2D eigenvalue weighted by Crippen LogP contribution is -2.39. The number of hydrogen-bond donors (Lipinski definition) is 0. The van der Waals surface area contributed by atoms with E-state index in [4.69, 9.17) is 4.74 Å². The summed E-state index contributed by atoms with van der Waals surface area (Å²) in [6.07, 6.45) is 5.61. The molecule has 152 valence electrons. The van der Waals surface area contributed by atoms with Crippen molar-refractivity contribution in [2.24, 2.45) is 4.99 Å². The van der Waals surface area contributed by atoms with Gasteiger partial charge in [0.05, 0.1) is 22.4 Å². The molecule has 0 bridgehead atoms. The Hall–Kier alpha value is -3.03. The van der Waals surface area contributed by atoms with Gasteiger partial charge in [-0.25, -0.2) is 9.79 Å². The molecule has 0 fully saturated rings. The molecule has 3 aromatic rings. The molecule has 7 heteroatoms. The first-order valence-electron chi connectivity index (χ1n) is 9.55. The van der Waals surface area contributed by atoms with Crippen molar-refractivity contribution in [1.29, 1.82) is 0 Å². The molecule has 30 heavy (non-hydrogen) atoms. The zero-order valence-electron chi connectivity index (χ0n) is 16.6. The fourth-order valence-corrected chi connectivity index (χ4v) is 5.15. The quantitative estimate of drug-likeness (QED) is 0.575. The molecule has 5 nitrogen and oxygen atoms in total. The minimum atomic E-state index is -0.527. The first-order chi connectivity index (χ1) is 14.6. The van der Waals surface area contributed by atoms with Gasteiger partial charge in [0.25, 0.3) is 5.56 Å². The van der Waals surface area contributed by atoms with E-state index >= 15 is 0 Å². The summed E-state index contributed by atoms with van der Waals surface area (Å²) in [5.41, 5.74) is 1.89. The van der Waals surface area contributed by atoms with Gasteiger partial charge in [-0.1, -0.05) is 59.9 Å². The van der Waals surface area contributed by atoms with Crippen molar-refractivity contribution in [2.45, 2.75) is 19.9 Å². The Balaban J connectivity index is 1.83. The summed E-state index contributed by atoms with van der Waals surface area (Å²) < 4.78 is 7.45. The fraction of sp³-hybridized carbons (Fsp3) is 0.174. The van der Waals surface area contributed by atoms with Crippen LogP contribution < -0.4 is 14.9 Å². The monoisotopic (exact) mass is 436 g/mol. The molecule has 0 spiro atoms. The predicted molar refractivity (Wildman–Crippen MR) is 121 cm³/mol.